The molecule has 0 amide bonds. The molecule has 0 spiro atoms. The molecule has 5 heteroatoms. The first kappa shape index (κ1) is 14.3. The SMILES string of the molecule is CC(c1ccccc1Cl)N(C)CCc1csc(N)n1. The molecule has 3 nitrogen and oxygen atoms in total. The molecule has 19 heavy (non-hydrogen) atoms. The zero-order valence-corrected chi connectivity index (χ0v) is 12.7. The third-order valence-electron chi connectivity index (χ3n) is 3.31. The maximum absolute atomic E-state index is 6.23. The van der Waals surface area contributed by atoms with E-state index in [1.54, 1.807) is 0 Å². The Kier molecular flexibility index (Phi) is 4.80. The molecule has 0 saturated carbocycles. The fourth-order valence-electron chi connectivity index (χ4n) is 1.97. The Hall–Kier alpha value is -1.10. The van der Waals surface area contributed by atoms with Crippen molar-refractivity contribution in [2.75, 3.05) is 19.3 Å². The van der Waals surface area contributed by atoms with E-state index in [-0.39, 0.29) is 6.04 Å². The van der Waals surface area contributed by atoms with Gasteiger partial charge in [0.2, 0.25) is 0 Å². The fourth-order valence-corrected chi connectivity index (χ4v) is 2.86. The number of rotatable bonds is 5. The lowest BCUT2D eigenvalue weighted by atomic mass is 10.1. The molecule has 0 saturated heterocycles. The predicted octanol–water partition coefficient (Wildman–Crippen LogP) is 3.61. The summed E-state index contributed by atoms with van der Waals surface area (Å²) in [6, 6.07) is 8.26. The van der Waals surface area contributed by atoms with Gasteiger partial charge in [0.15, 0.2) is 5.13 Å². The van der Waals surface area contributed by atoms with Gasteiger partial charge in [-0.05, 0) is 25.6 Å². The van der Waals surface area contributed by atoms with E-state index in [0.29, 0.717) is 5.13 Å². The Balaban J connectivity index is 1.96. The second-order valence-electron chi connectivity index (χ2n) is 4.61. The van der Waals surface area contributed by atoms with Gasteiger partial charge in [0, 0.05) is 29.4 Å². The minimum atomic E-state index is 0.282. The summed E-state index contributed by atoms with van der Waals surface area (Å²) in [7, 11) is 2.10. The summed E-state index contributed by atoms with van der Waals surface area (Å²) in [5, 5.41) is 3.47. The lowest BCUT2D eigenvalue weighted by molar-refractivity contribution is 0.264. The van der Waals surface area contributed by atoms with E-state index < -0.39 is 0 Å². The van der Waals surface area contributed by atoms with Gasteiger partial charge in [-0.2, -0.15) is 0 Å². The molecule has 0 radical (unpaired) electrons. The number of nitrogens with zero attached hydrogens (tertiary/aromatic N) is 2. The second-order valence-corrected chi connectivity index (χ2v) is 5.90. The van der Waals surface area contributed by atoms with E-state index in [1.807, 2.05) is 23.6 Å². The number of aromatic nitrogens is 1. The van der Waals surface area contributed by atoms with Crippen molar-refractivity contribution in [3.05, 3.63) is 45.9 Å². The number of thiazole rings is 1. The zero-order chi connectivity index (χ0) is 13.8. The van der Waals surface area contributed by atoms with Gasteiger partial charge in [-0.15, -0.1) is 11.3 Å². The fraction of sp³-hybridized carbons (Fsp3) is 0.357. The predicted molar refractivity (Wildman–Crippen MR) is 82.7 cm³/mol. The summed E-state index contributed by atoms with van der Waals surface area (Å²) in [6.45, 7) is 3.09. The van der Waals surface area contributed by atoms with Gasteiger partial charge in [-0.25, -0.2) is 4.98 Å². The summed E-state index contributed by atoms with van der Waals surface area (Å²) >= 11 is 7.72. The van der Waals surface area contributed by atoms with E-state index in [9.17, 15) is 0 Å². The van der Waals surface area contributed by atoms with Crippen molar-refractivity contribution in [2.45, 2.75) is 19.4 Å². The number of nitrogens with two attached hydrogens (primary N) is 1. The van der Waals surface area contributed by atoms with E-state index in [4.69, 9.17) is 17.3 Å². The highest BCUT2D eigenvalue weighted by atomic mass is 35.5. The van der Waals surface area contributed by atoms with Crippen LogP contribution < -0.4 is 5.73 Å². The number of nitrogen functional groups attached to an aromatic ring is 1. The molecule has 1 aromatic heterocycles. The first-order valence-corrected chi connectivity index (χ1v) is 7.48. The van der Waals surface area contributed by atoms with Crippen molar-refractivity contribution in [3.8, 4) is 0 Å². The molecule has 1 unspecified atom stereocenters. The Labute approximate surface area is 123 Å². The van der Waals surface area contributed by atoms with Gasteiger partial charge >= 0.3 is 0 Å². The van der Waals surface area contributed by atoms with Crippen LogP contribution in [0.15, 0.2) is 29.6 Å². The third kappa shape index (κ3) is 3.69. The topological polar surface area (TPSA) is 42.1 Å². The van der Waals surface area contributed by atoms with Crippen molar-refractivity contribution in [1.82, 2.24) is 9.88 Å². The summed E-state index contributed by atoms with van der Waals surface area (Å²) in [5.74, 6) is 0. The molecule has 0 fully saturated rings. The first-order chi connectivity index (χ1) is 9.08. The van der Waals surface area contributed by atoms with Gasteiger partial charge in [0.25, 0.3) is 0 Å². The molecule has 2 rings (SSSR count). The molecule has 0 aliphatic rings. The van der Waals surface area contributed by atoms with E-state index in [2.05, 4.69) is 29.9 Å². The number of likely N-dealkylation sites (N-methyl/N-ethyl adjacent to an activating group) is 1. The molecular weight excluding hydrogens is 278 g/mol. The molecule has 2 N–H and O–H groups in total. The number of hydrogen-bond donors (Lipinski definition) is 1. The van der Waals surface area contributed by atoms with E-state index >= 15 is 0 Å². The Morgan fingerprint density at radius 1 is 1.42 bits per heavy atom. The standard InChI is InChI=1S/C14H18ClN3S/c1-10(12-5-3-4-6-13(12)15)18(2)8-7-11-9-19-14(16)17-11/h3-6,9-10H,7-8H2,1-2H3,(H2,16,17). The van der Waals surface area contributed by atoms with Gasteiger partial charge in [0.1, 0.15) is 0 Å². The van der Waals surface area contributed by atoms with E-state index in [0.717, 1.165) is 29.2 Å². The molecule has 1 heterocycles. The van der Waals surface area contributed by atoms with Crippen LogP contribution in [0.1, 0.15) is 24.2 Å². The second kappa shape index (κ2) is 6.37. The molecule has 0 bridgehead atoms. The van der Waals surface area contributed by atoms with Crippen LogP contribution in [0.4, 0.5) is 5.13 Å². The summed E-state index contributed by atoms with van der Waals surface area (Å²) in [5.41, 5.74) is 7.85. The highest BCUT2D eigenvalue weighted by Gasteiger charge is 2.14. The largest absolute Gasteiger partial charge is 0.375 e. The van der Waals surface area contributed by atoms with Crippen molar-refractivity contribution in [1.29, 1.82) is 0 Å². The maximum atomic E-state index is 6.23. The smallest absolute Gasteiger partial charge is 0.180 e. The lowest BCUT2D eigenvalue weighted by Gasteiger charge is -2.25. The molecule has 1 aromatic carbocycles. The highest BCUT2D eigenvalue weighted by Crippen LogP contribution is 2.26. The van der Waals surface area contributed by atoms with Crippen LogP contribution in [0, 0.1) is 0 Å². The zero-order valence-electron chi connectivity index (χ0n) is 11.1. The van der Waals surface area contributed by atoms with Crippen LogP contribution >= 0.6 is 22.9 Å². The third-order valence-corrected chi connectivity index (χ3v) is 4.37. The summed E-state index contributed by atoms with van der Waals surface area (Å²) < 4.78 is 0. The average Bonchev–Trinajstić information content (AvgIpc) is 2.81. The van der Waals surface area contributed by atoms with E-state index in [1.165, 1.54) is 11.3 Å². The molecular formula is C14H18ClN3S. The Morgan fingerprint density at radius 2 is 2.16 bits per heavy atom. The molecule has 102 valence electrons. The molecule has 2 aromatic rings. The molecule has 0 aliphatic heterocycles. The Morgan fingerprint density at radius 3 is 2.79 bits per heavy atom. The number of hydrogen-bond acceptors (Lipinski definition) is 4. The summed E-state index contributed by atoms with van der Waals surface area (Å²) in [4.78, 5) is 6.55. The monoisotopic (exact) mass is 295 g/mol. The van der Waals surface area contributed by atoms with Gasteiger partial charge in [-0.1, -0.05) is 29.8 Å². The minimum absolute atomic E-state index is 0.282. The Bertz CT molecular complexity index is 541. The maximum Gasteiger partial charge on any atom is 0.180 e. The van der Waals surface area contributed by atoms with Crippen molar-refractivity contribution in [3.63, 3.8) is 0 Å². The van der Waals surface area contributed by atoms with Crippen LogP contribution in [-0.2, 0) is 6.42 Å². The van der Waals surface area contributed by atoms with Gasteiger partial charge in [0.05, 0.1) is 5.69 Å². The molecule has 0 aliphatic carbocycles. The quantitative estimate of drug-likeness (QED) is 0.916. The van der Waals surface area contributed by atoms with Crippen LogP contribution in [0.5, 0.6) is 0 Å². The van der Waals surface area contributed by atoms with Gasteiger partial charge in [-0.3, -0.25) is 4.90 Å². The lowest BCUT2D eigenvalue weighted by Crippen LogP contribution is -2.25. The minimum Gasteiger partial charge on any atom is -0.375 e. The van der Waals surface area contributed by atoms with Crippen LogP contribution in [-0.4, -0.2) is 23.5 Å². The van der Waals surface area contributed by atoms with Crippen molar-refractivity contribution >= 4 is 28.1 Å². The summed E-state index contributed by atoms with van der Waals surface area (Å²) in [6.07, 6.45) is 0.902. The van der Waals surface area contributed by atoms with Crippen molar-refractivity contribution < 1.29 is 0 Å². The number of halogens is 1. The van der Waals surface area contributed by atoms with Crippen LogP contribution in [0.2, 0.25) is 5.02 Å². The highest BCUT2D eigenvalue weighted by molar-refractivity contribution is 7.13. The van der Waals surface area contributed by atoms with Crippen LogP contribution in [0.3, 0.4) is 0 Å². The number of benzene rings is 1. The first-order valence-electron chi connectivity index (χ1n) is 6.22. The average molecular weight is 296 g/mol. The van der Waals surface area contributed by atoms with Crippen LogP contribution in [0.25, 0.3) is 0 Å². The van der Waals surface area contributed by atoms with Crippen molar-refractivity contribution in [2.24, 2.45) is 0 Å². The normalized spacial score (nSPS) is 12.8. The number of anilines is 1. The van der Waals surface area contributed by atoms with Gasteiger partial charge < -0.3 is 5.73 Å². The molecule has 1 atom stereocenters.